The van der Waals surface area contributed by atoms with Crippen LogP contribution in [0.3, 0.4) is 0 Å². The molecule has 0 bridgehead atoms. The van der Waals surface area contributed by atoms with Gasteiger partial charge in [-0.1, -0.05) is 36.4 Å². The number of carbonyl (C=O) groups excluding carboxylic acids is 1. The molecule has 0 saturated carbocycles. The summed E-state index contributed by atoms with van der Waals surface area (Å²) in [5.74, 6) is 0.791. The van der Waals surface area contributed by atoms with E-state index in [4.69, 9.17) is 4.74 Å². The summed E-state index contributed by atoms with van der Waals surface area (Å²) in [5, 5.41) is 2.15. The summed E-state index contributed by atoms with van der Waals surface area (Å²) < 4.78 is 5.88. The van der Waals surface area contributed by atoms with Crippen molar-refractivity contribution in [1.29, 1.82) is 0 Å². The Kier molecular flexibility index (Phi) is 4.61. The average molecular weight is 277 g/mol. The van der Waals surface area contributed by atoms with E-state index in [2.05, 4.69) is 0 Å². The highest BCUT2D eigenvalue weighted by atomic mass is 16.5. The van der Waals surface area contributed by atoms with Gasteiger partial charge in [0.2, 0.25) is 0 Å². The van der Waals surface area contributed by atoms with E-state index in [1.165, 1.54) is 0 Å². The molecule has 0 fully saturated rings. The van der Waals surface area contributed by atoms with Crippen LogP contribution < -0.4 is 4.74 Å². The highest BCUT2D eigenvalue weighted by molar-refractivity contribution is 5.89. The Labute approximate surface area is 120 Å². The minimum atomic E-state index is -0.472. The molecule has 2 aromatic rings. The molecule has 1 amide bonds. The number of nitrogens with zero attached hydrogens (tertiary/aromatic N) is 1. The fourth-order valence-corrected chi connectivity index (χ4v) is 2.33. The maximum absolute atomic E-state index is 12.2. The van der Waals surface area contributed by atoms with Gasteiger partial charge in [-0.15, -0.1) is 0 Å². The number of hydrogen-bond donors (Lipinski definition) is 0. The number of amides is 1. The van der Waals surface area contributed by atoms with Crippen LogP contribution >= 0.6 is 0 Å². The Balaban J connectivity index is 2.22. The van der Waals surface area contributed by atoms with E-state index >= 15 is 0 Å². The van der Waals surface area contributed by atoms with Crippen molar-refractivity contribution in [3.8, 4) is 5.75 Å². The third-order valence-electron chi connectivity index (χ3n) is 3.48. The Morgan fingerprint density at radius 1 is 1.10 bits per heavy atom. The predicted octanol–water partition coefficient (Wildman–Crippen LogP) is 3.48. The molecule has 3 heteroatoms. The van der Waals surface area contributed by atoms with Crippen LogP contribution in [0.2, 0.25) is 0 Å². The van der Waals surface area contributed by atoms with Crippen molar-refractivity contribution in [2.45, 2.75) is 26.9 Å². The lowest BCUT2D eigenvalue weighted by Gasteiger charge is -2.23. The number of hydrogen-bond acceptors (Lipinski definition) is 2. The first-order valence-electron chi connectivity index (χ1n) is 7.10. The fourth-order valence-electron chi connectivity index (χ4n) is 2.33. The van der Waals surface area contributed by atoms with E-state index in [9.17, 15) is 4.79 Å². The molecule has 0 spiro atoms. The van der Waals surface area contributed by atoms with Crippen LogP contribution in [0.4, 0.5) is 0 Å². The highest BCUT2D eigenvalue weighted by Crippen LogP contribution is 2.26. The molecular formula is C17H21NO2. The largest absolute Gasteiger partial charge is 0.480 e. The van der Waals surface area contributed by atoms with Gasteiger partial charge in [-0.05, 0) is 32.2 Å². The van der Waals surface area contributed by atoms with Gasteiger partial charge >= 0.3 is 0 Å². The maximum Gasteiger partial charge on any atom is 0.263 e. The summed E-state index contributed by atoms with van der Waals surface area (Å²) in [7, 11) is 0. The van der Waals surface area contributed by atoms with Crippen molar-refractivity contribution in [2.75, 3.05) is 13.1 Å². The molecule has 1 unspecified atom stereocenters. The summed E-state index contributed by atoms with van der Waals surface area (Å²) in [6, 6.07) is 13.9. The Hall–Kier alpha value is -2.03. The number of rotatable bonds is 5. The van der Waals surface area contributed by atoms with Crippen LogP contribution in [-0.4, -0.2) is 30.0 Å². The molecular weight excluding hydrogens is 256 g/mol. The van der Waals surface area contributed by atoms with Crippen LogP contribution in [-0.2, 0) is 4.79 Å². The lowest BCUT2D eigenvalue weighted by atomic mass is 10.3. The molecule has 0 aliphatic carbocycles. The Morgan fingerprint density at radius 2 is 1.75 bits per heavy atom. The van der Waals surface area contributed by atoms with Gasteiger partial charge in [-0.25, -0.2) is 0 Å². The number of carbonyl (C=O) groups is 1. The lowest BCUT2D eigenvalue weighted by molar-refractivity contribution is -0.137. The van der Waals surface area contributed by atoms with Gasteiger partial charge in [0.05, 0.1) is 0 Å². The third-order valence-corrected chi connectivity index (χ3v) is 3.48. The quantitative estimate of drug-likeness (QED) is 0.837. The lowest BCUT2D eigenvalue weighted by Crippen LogP contribution is -2.40. The van der Waals surface area contributed by atoms with Gasteiger partial charge in [0, 0.05) is 18.5 Å². The van der Waals surface area contributed by atoms with E-state index in [-0.39, 0.29) is 5.91 Å². The highest BCUT2D eigenvalue weighted by Gasteiger charge is 2.20. The van der Waals surface area contributed by atoms with E-state index in [1.807, 2.05) is 63.2 Å². The molecule has 20 heavy (non-hydrogen) atoms. The van der Waals surface area contributed by atoms with Gasteiger partial charge < -0.3 is 9.64 Å². The summed E-state index contributed by atoms with van der Waals surface area (Å²) in [5.41, 5.74) is 0. The molecule has 3 nitrogen and oxygen atoms in total. The van der Waals surface area contributed by atoms with E-state index in [0.29, 0.717) is 13.1 Å². The van der Waals surface area contributed by atoms with Crippen molar-refractivity contribution < 1.29 is 9.53 Å². The van der Waals surface area contributed by atoms with Crippen LogP contribution in [0.25, 0.3) is 10.8 Å². The fraction of sp³-hybridized carbons (Fsp3) is 0.353. The molecule has 0 aliphatic heterocycles. The van der Waals surface area contributed by atoms with Gasteiger partial charge in [0.15, 0.2) is 6.10 Å². The number of ether oxygens (including phenoxy) is 1. The van der Waals surface area contributed by atoms with Crippen LogP contribution in [0, 0.1) is 0 Å². The summed E-state index contributed by atoms with van der Waals surface area (Å²) in [6.07, 6.45) is -0.472. The minimum Gasteiger partial charge on any atom is -0.480 e. The van der Waals surface area contributed by atoms with Gasteiger partial charge in [-0.3, -0.25) is 4.79 Å². The molecule has 0 saturated heterocycles. The van der Waals surface area contributed by atoms with Gasteiger partial charge in [0.1, 0.15) is 5.75 Å². The molecule has 0 heterocycles. The zero-order valence-electron chi connectivity index (χ0n) is 12.3. The summed E-state index contributed by atoms with van der Waals surface area (Å²) >= 11 is 0. The van der Waals surface area contributed by atoms with E-state index in [1.54, 1.807) is 4.90 Å². The monoisotopic (exact) mass is 277 g/mol. The molecule has 106 valence electrons. The van der Waals surface area contributed by atoms with Crippen molar-refractivity contribution >= 4 is 16.7 Å². The van der Waals surface area contributed by atoms with Gasteiger partial charge in [-0.2, -0.15) is 0 Å². The third kappa shape index (κ3) is 2.93. The first kappa shape index (κ1) is 14.4. The normalized spacial score (nSPS) is 12.2. The molecule has 0 aliphatic rings. The van der Waals surface area contributed by atoms with Crippen LogP contribution in [0.5, 0.6) is 5.75 Å². The number of benzene rings is 2. The molecule has 2 aromatic carbocycles. The topological polar surface area (TPSA) is 29.5 Å². The molecule has 2 rings (SSSR count). The first-order valence-corrected chi connectivity index (χ1v) is 7.10. The molecule has 0 radical (unpaired) electrons. The van der Waals surface area contributed by atoms with Crippen LogP contribution in [0.1, 0.15) is 20.8 Å². The second kappa shape index (κ2) is 6.42. The van der Waals surface area contributed by atoms with Crippen molar-refractivity contribution in [3.63, 3.8) is 0 Å². The zero-order valence-corrected chi connectivity index (χ0v) is 12.3. The van der Waals surface area contributed by atoms with Crippen molar-refractivity contribution in [2.24, 2.45) is 0 Å². The van der Waals surface area contributed by atoms with E-state index < -0.39 is 6.10 Å². The number of likely N-dealkylation sites (N-methyl/N-ethyl adjacent to an activating group) is 1. The van der Waals surface area contributed by atoms with Gasteiger partial charge in [0.25, 0.3) is 5.91 Å². The molecule has 0 aromatic heterocycles. The molecule has 0 N–H and O–H groups in total. The SMILES string of the molecule is CCN(CC)C(=O)C(C)Oc1ccc[13c]2[13cH][13cH][13cH][13cH][13c]12. The summed E-state index contributed by atoms with van der Waals surface area (Å²) in [6.45, 7) is 7.18. The second-order valence-corrected chi connectivity index (χ2v) is 4.75. The zero-order chi connectivity index (χ0) is 14.5. The number of fused-ring (bicyclic) bond motifs is 1. The van der Waals surface area contributed by atoms with Crippen molar-refractivity contribution in [3.05, 3.63) is 42.5 Å². The smallest absolute Gasteiger partial charge is 0.263 e. The van der Waals surface area contributed by atoms with E-state index in [0.717, 1.165) is 16.5 Å². The predicted molar refractivity (Wildman–Crippen MR) is 82.0 cm³/mol. The van der Waals surface area contributed by atoms with Crippen molar-refractivity contribution in [1.82, 2.24) is 4.90 Å². The maximum atomic E-state index is 12.2. The average Bonchev–Trinajstić information content (AvgIpc) is 2.48. The standard InChI is InChI=1S/C17H21NO2/c1-4-18(5-2)17(19)13(3)20-16-12-8-10-14-9-6-7-11-15(14)16/h6-13H,4-5H2,1-3H3/i6+1,7+1,9+1,11+1,14+1,15+1. The minimum absolute atomic E-state index is 0.0305. The summed E-state index contributed by atoms with van der Waals surface area (Å²) in [4.78, 5) is 14.0. The second-order valence-electron chi connectivity index (χ2n) is 4.75. The molecule has 1 atom stereocenters. The Morgan fingerprint density at radius 3 is 2.45 bits per heavy atom. The first-order chi connectivity index (χ1) is 9.67. The van der Waals surface area contributed by atoms with Crippen LogP contribution in [0.15, 0.2) is 42.5 Å². The Bertz CT molecular complexity index is 585.